The molecule has 0 aliphatic carbocycles. The topological polar surface area (TPSA) is 87.4 Å². The molecule has 1 aliphatic rings. The van der Waals surface area contributed by atoms with Gasteiger partial charge in [0, 0.05) is 49.5 Å². The molecule has 1 saturated heterocycles. The van der Waals surface area contributed by atoms with E-state index in [4.69, 9.17) is 4.52 Å². The monoisotopic (exact) mass is 406 g/mol. The van der Waals surface area contributed by atoms with Gasteiger partial charge in [-0.25, -0.2) is 9.78 Å². The van der Waals surface area contributed by atoms with Crippen LogP contribution in [0, 0.1) is 6.92 Å². The minimum absolute atomic E-state index is 0.0696. The number of pyridine rings is 1. The van der Waals surface area contributed by atoms with Gasteiger partial charge in [-0.3, -0.25) is 0 Å². The highest BCUT2D eigenvalue weighted by atomic mass is 16.5. The highest BCUT2D eigenvalue weighted by molar-refractivity contribution is 5.89. The third-order valence-corrected chi connectivity index (χ3v) is 5.14. The first-order valence-electron chi connectivity index (χ1n) is 10.2. The lowest BCUT2D eigenvalue weighted by atomic mass is 10.2. The van der Waals surface area contributed by atoms with Crippen LogP contribution in [-0.2, 0) is 0 Å². The molecule has 4 rings (SSSR count). The zero-order valence-corrected chi connectivity index (χ0v) is 17.5. The van der Waals surface area contributed by atoms with Crippen LogP contribution in [0.15, 0.2) is 47.1 Å². The first kappa shape index (κ1) is 19.9. The summed E-state index contributed by atoms with van der Waals surface area (Å²) in [4.78, 5) is 25.5. The molecule has 8 nitrogen and oxygen atoms in total. The molecule has 0 spiro atoms. The third-order valence-electron chi connectivity index (χ3n) is 5.14. The summed E-state index contributed by atoms with van der Waals surface area (Å²) >= 11 is 0. The number of nitrogens with one attached hydrogen (secondary N) is 1. The van der Waals surface area contributed by atoms with Gasteiger partial charge in [0.1, 0.15) is 5.82 Å². The van der Waals surface area contributed by atoms with E-state index in [9.17, 15) is 4.79 Å². The summed E-state index contributed by atoms with van der Waals surface area (Å²) in [6.45, 7) is 8.79. The molecule has 0 atom stereocenters. The Kier molecular flexibility index (Phi) is 5.65. The maximum Gasteiger partial charge on any atom is 0.321 e. The van der Waals surface area contributed by atoms with Gasteiger partial charge >= 0.3 is 6.03 Å². The Morgan fingerprint density at radius 2 is 1.80 bits per heavy atom. The smallest absolute Gasteiger partial charge is 0.321 e. The molecule has 3 aromatic rings. The molecule has 2 aromatic heterocycles. The van der Waals surface area contributed by atoms with Crippen molar-refractivity contribution in [2.45, 2.75) is 26.7 Å². The number of hydrogen-bond acceptors (Lipinski definition) is 6. The molecule has 1 fully saturated rings. The Morgan fingerprint density at radius 1 is 1.07 bits per heavy atom. The minimum atomic E-state index is -0.0696. The van der Waals surface area contributed by atoms with Crippen molar-refractivity contribution < 1.29 is 9.32 Å². The van der Waals surface area contributed by atoms with Gasteiger partial charge < -0.3 is 19.6 Å². The number of hydrogen-bond donors (Lipinski definition) is 1. The number of anilines is 2. The molecule has 0 bridgehead atoms. The fraction of sp³-hybridized carbons (Fsp3) is 0.364. The first-order chi connectivity index (χ1) is 14.5. The van der Waals surface area contributed by atoms with Crippen LogP contribution >= 0.6 is 0 Å². The molecule has 30 heavy (non-hydrogen) atoms. The summed E-state index contributed by atoms with van der Waals surface area (Å²) in [5, 5.41) is 6.99. The van der Waals surface area contributed by atoms with Crippen LogP contribution in [0.4, 0.5) is 16.3 Å². The van der Waals surface area contributed by atoms with Crippen molar-refractivity contribution in [3.8, 4) is 11.4 Å². The van der Waals surface area contributed by atoms with E-state index in [2.05, 4.69) is 25.3 Å². The molecular weight excluding hydrogens is 380 g/mol. The Hall–Kier alpha value is -3.42. The van der Waals surface area contributed by atoms with Crippen LogP contribution < -0.4 is 10.2 Å². The van der Waals surface area contributed by atoms with Crippen LogP contribution in [0.3, 0.4) is 0 Å². The molecule has 1 N–H and O–H groups in total. The number of carbonyl (C=O) groups is 1. The van der Waals surface area contributed by atoms with Crippen molar-refractivity contribution in [1.29, 1.82) is 0 Å². The quantitative estimate of drug-likeness (QED) is 0.707. The second-order valence-electron chi connectivity index (χ2n) is 7.79. The van der Waals surface area contributed by atoms with E-state index in [1.807, 2.05) is 62.1 Å². The molecule has 156 valence electrons. The van der Waals surface area contributed by atoms with E-state index in [1.165, 1.54) is 5.56 Å². The number of carbonyl (C=O) groups excluding carboxylic acids is 1. The number of piperazine rings is 1. The summed E-state index contributed by atoms with van der Waals surface area (Å²) in [7, 11) is 0. The largest absolute Gasteiger partial charge is 0.353 e. The Balaban J connectivity index is 1.33. The van der Waals surface area contributed by atoms with Gasteiger partial charge in [0.15, 0.2) is 0 Å². The van der Waals surface area contributed by atoms with E-state index < -0.39 is 0 Å². The predicted molar refractivity (Wildman–Crippen MR) is 116 cm³/mol. The molecule has 3 heterocycles. The molecule has 0 saturated carbocycles. The van der Waals surface area contributed by atoms with Gasteiger partial charge in [0.2, 0.25) is 11.7 Å². The standard InChI is InChI=1S/C22H26N6O2/c1-15(2)21-25-20(26-30-21)17-6-9-19(23-14-17)27-10-12-28(13-11-27)22(29)24-18-7-4-16(3)5-8-18/h4-9,14-15H,10-13H2,1-3H3,(H,24,29). The lowest BCUT2D eigenvalue weighted by Gasteiger charge is -2.35. The summed E-state index contributed by atoms with van der Waals surface area (Å²) in [5.41, 5.74) is 2.80. The van der Waals surface area contributed by atoms with E-state index in [1.54, 1.807) is 6.20 Å². The van der Waals surface area contributed by atoms with Crippen molar-refractivity contribution >= 4 is 17.5 Å². The molecule has 0 unspecified atom stereocenters. The Bertz CT molecular complexity index is 989. The van der Waals surface area contributed by atoms with Gasteiger partial charge in [-0.05, 0) is 31.2 Å². The van der Waals surface area contributed by atoms with E-state index >= 15 is 0 Å². The maximum absolute atomic E-state index is 12.5. The van der Waals surface area contributed by atoms with Crippen LogP contribution in [-0.4, -0.2) is 52.2 Å². The van der Waals surface area contributed by atoms with Crippen LogP contribution in [0.1, 0.15) is 31.2 Å². The fourth-order valence-electron chi connectivity index (χ4n) is 3.27. The highest BCUT2D eigenvalue weighted by Crippen LogP contribution is 2.21. The fourth-order valence-corrected chi connectivity index (χ4v) is 3.27. The summed E-state index contributed by atoms with van der Waals surface area (Å²) in [6, 6.07) is 11.7. The van der Waals surface area contributed by atoms with Crippen LogP contribution in [0.25, 0.3) is 11.4 Å². The number of urea groups is 1. The van der Waals surface area contributed by atoms with Crippen LogP contribution in [0.2, 0.25) is 0 Å². The maximum atomic E-state index is 12.5. The second kappa shape index (κ2) is 8.52. The molecule has 2 amide bonds. The number of aromatic nitrogens is 3. The number of aryl methyl sites for hydroxylation is 1. The zero-order valence-electron chi connectivity index (χ0n) is 17.5. The summed E-state index contributed by atoms with van der Waals surface area (Å²) in [5.74, 6) is 2.24. The third kappa shape index (κ3) is 4.42. The number of rotatable bonds is 4. The SMILES string of the molecule is Cc1ccc(NC(=O)N2CCN(c3ccc(-c4noc(C(C)C)n4)cn3)CC2)cc1. The van der Waals surface area contributed by atoms with Crippen molar-refractivity contribution in [3.05, 3.63) is 54.0 Å². The van der Waals surface area contributed by atoms with Gasteiger partial charge in [-0.1, -0.05) is 36.7 Å². The molecule has 0 radical (unpaired) electrons. The molecular formula is C22H26N6O2. The number of nitrogens with zero attached hydrogens (tertiary/aromatic N) is 5. The Labute approximate surface area is 175 Å². The van der Waals surface area contributed by atoms with Crippen molar-refractivity contribution in [1.82, 2.24) is 20.0 Å². The van der Waals surface area contributed by atoms with E-state index in [-0.39, 0.29) is 11.9 Å². The normalized spacial score (nSPS) is 14.3. The summed E-state index contributed by atoms with van der Waals surface area (Å²) in [6.07, 6.45) is 1.76. The average molecular weight is 406 g/mol. The molecule has 1 aromatic carbocycles. The Morgan fingerprint density at radius 3 is 2.40 bits per heavy atom. The minimum Gasteiger partial charge on any atom is -0.353 e. The second-order valence-corrected chi connectivity index (χ2v) is 7.79. The van der Waals surface area contributed by atoms with E-state index in [0.29, 0.717) is 24.8 Å². The van der Waals surface area contributed by atoms with Gasteiger partial charge in [0.25, 0.3) is 0 Å². The zero-order chi connectivity index (χ0) is 21.1. The van der Waals surface area contributed by atoms with Crippen LogP contribution in [0.5, 0.6) is 0 Å². The lowest BCUT2D eigenvalue weighted by Crippen LogP contribution is -2.50. The first-order valence-corrected chi connectivity index (χ1v) is 10.2. The number of amides is 2. The van der Waals surface area contributed by atoms with Crippen molar-refractivity contribution in [2.24, 2.45) is 0 Å². The number of benzene rings is 1. The van der Waals surface area contributed by atoms with Gasteiger partial charge in [0.05, 0.1) is 0 Å². The average Bonchev–Trinajstić information content (AvgIpc) is 3.26. The van der Waals surface area contributed by atoms with E-state index in [0.717, 1.165) is 30.2 Å². The highest BCUT2D eigenvalue weighted by Gasteiger charge is 2.22. The predicted octanol–water partition coefficient (Wildman–Crippen LogP) is 3.92. The molecule has 8 heteroatoms. The van der Waals surface area contributed by atoms with Crippen molar-refractivity contribution in [2.75, 3.05) is 36.4 Å². The lowest BCUT2D eigenvalue weighted by molar-refractivity contribution is 0.208. The van der Waals surface area contributed by atoms with Crippen molar-refractivity contribution in [3.63, 3.8) is 0 Å². The summed E-state index contributed by atoms with van der Waals surface area (Å²) < 4.78 is 5.27. The van der Waals surface area contributed by atoms with Gasteiger partial charge in [-0.15, -0.1) is 0 Å². The van der Waals surface area contributed by atoms with Gasteiger partial charge in [-0.2, -0.15) is 4.98 Å². The molecule has 1 aliphatic heterocycles.